The molecule has 0 atom stereocenters. The zero-order valence-corrected chi connectivity index (χ0v) is 17.2. The first-order chi connectivity index (χ1) is 15.3. The minimum Gasteiger partial charge on any atom is -0.353 e. The first-order valence-electron chi connectivity index (χ1n) is 10.6. The van der Waals surface area contributed by atoms with Crippen LogP contribution in [0.1, 0.15) is 31.4 Å². The van der Waals surface area contributed by atoms with Crippen molar-refractivity contribution in [2.75, 3.05) is 22.1 Å². The van der Waals surface area contributed by atoms with E-state index in [9.17, 15) is 18.0 Å². The molecule has 6 nitrogen and oxygen atoms in total. The van der Waals surface area contributed by atoms with Crippen molar-refractivity contribution in [2.45, 2.75) is 37.9 Å². The Kier molecular flexibility index (Phi) is 5.11. The molecule has 1 saturated carbocycles. The number of halogens is 3. The van der Waals surface area contributed by atoms with Gasteiger partial charge in [-0.2, -0.15) is 13.2 Å². The second kappa shape index (κ2) is 7.96. The highest BCUT2D eigenvalue weighted by atomic mass is 19.4. The van der Waals surface area contributed by atoms with Crippen LogP contribution in [-0.4, -0.2) is 28.6 Å². The van der Waals surface area contributed by atoms with Gasteiger partial charge in [0.05, 0.1) is 17.4 Å². The van der Waals surface area contributed by atoms with Crippen molar-refractivity contribution in [3.8, 4) is 0 Å². The zero-order chi connectivity index (χ0) is 22.3. The third-order valence-electron chi connectivity index (χ3n) is 6.25. The summed E-state index contributed by atoms with van der Waals surface area (Å²) in [7, 11) is 0. The summed E-state index contributed by atoms with van der Waals surface area (Å²) >= 11 is 0. The van der Waals surface area contributed by atoms with Crippen LogP contribution in [-0.2, 0) is 6.18 Å². The van der Waals surface area contributed by atoms with Crippen LogP contribution in [0.2, 0.25) is 0 Å². The molecule has 2 saturated heterocycles. The fourth-order valence-corrected chi connectivity index (χ4v) is 4.63. The number of fused-ring (bicyclic) bond motifs is 4. The molecule has 166 valence electrons. The van der Waals surface area contributed by atoms with Gasteiger partial charge in [-0.3, -0.25) is 0 Å². The lowest BCUT2D eigenvalue weighted by atomic mass is 9.80. The van der Waals surface area contributed by atoms with Crippen LogP contribution in [0.5, 0.6) is 0 Å². The SMILES string of the molecule is O=C(Nc1ccc(C(F)(F)F)nc1)Nc1ccc2nc(N3CC4CCC3CC4)ccc2c1. The van der Waals surface area contributed by atoms with E-state index in [1.165, 1.54) is 25.7 Å². The van der Waals surface area contributed by atoms with Gasteiger partial charge in [0.1, 0.15) is 11.5 Å². The number of rotatable bonds is 3. The van der Waals surface area contributed by atoms with Crippen molar-refractivity contribution in [2.24, 2.45) is 5.92 Å². The summed E-state index contributed by atoms with van der Waals surface area (Å²) in [5, 5.41) is 6.07. The van der Waals surface area contributed by atoms with Crippen LogP contribution in [0.25, 0.3) is 10.9 Å². The van der Waals surface area contributed by atoms with Crippen molar-refractivity contribution in [1.82, 2.24) is 9.97 Å². The van der Waals surface area contributed by atoms with E-state index >= 15 is 0 Å². The van der Waals surface area contributed by atoms with E-state index in [1.807, 2.05) is 24.3 Å². The maximum atomic E-state index is 12.6. The standard InChI is InChI=1S/C23H22F3N5O/c24-23(25,26)20-9-5-17(12-27-20)29-22(32)28-16-4-8-19-15(11-16)3-10-21(30-19)31-13-14-1-6-18(31)7-2-14/h3-5,8-12,14,18H,1-2,6-7,13H2,(H2,28,29,32). The van der Waals surface area contributed by atoms with Crippen LogP contribution in [0, 0.1) is 5.92 Å². The lowest BCUT2D eigenvalue weighted by Gasteiger charge is -2.46. The van der Waals surface area contributed by atoms with Gasteiger partial charge in [0.25, 0.3) is 0 Å². The van der Waals surface area contributed by atoms with Crippen LogP contribution in [0.3, 0.4) is 0 Å². The first-order valence-corrected chi connectivity index (χ1v) is 10.6. The topological polar surface area (TPSA) is 70.1 Å². The molecule has 2 aromatic heterocycles. The number of nitrogens with zero attached hydrogens (tertiary/aromatic N) is 3. The van der Waals surface area contributed by atoms with Gasteiger partial charge in [-0.1, -0.05) is 0 Å². The lowest BCUT2D eigenvalue weighted by molar-refractivity contribution is -0.141. The minimum atomic E-state index is -4.52. The summed E-state index contributed by atoms with van der Waals surface area (Å²) in [5.41, 5.74) is 0.559. The predicted molar refractivity (Wildman–Crippen MR) is 117 cm³/mol. The van der Waals surface area contributed by atoms with E-state index in [2.05, 4.69) is 20.5 Å². The van der Waals surface area contributed by atoms with Crippen LogP contribution in [0.4, 0.5) is 35.2 Å². The summed E-state index contributed by atoms with van der Waals surface area (Å²) in [6.45, 7) is 1.07. The largest absolute Gasteiger partial charge is 0.433 e. The number of carbonyl (C=O) groups is 1. The summed E-state index contributed by atoms with van der Waals surface area (Å²) in [5.74, 6) is 1.77. The van der Waals surface area contributed by atoms with E-state index in [0.717, 1.165) is 47.5 Å². The summed E-state index contributed by atoms with van der Waals surface area (Å²) < 4.78 is 37.8. The predicted octanol–water partition coefficient (Wildman–Crippen LogP) is 5.67. The maximum absolute atomic E-state index is 12.6. The first kappa shape index (κ1) is 20.5. The second-order valence-electron chi connectivity index (χ2n) is 8.41. The average molecular weight is 441 g/mol. The highest BCUT2D eigenvalue weighted by Crippen LogP contribution is 2.37. The van der Waals surface area contributed by atoms with Crippen LogP contribution in [0.15, 0.2) is 48.7 Å². The highest BCUT2D eigenvalue weighted by molar-refractivity contribution is 6.00. The van der Waals surface area contributed by atoms with Crippen molar-refractivity contribution in [1.29, 1.82) is 0 Å². The van der Waals surface area contributed by atoms with Gasteiger partial charge in [0, 0.05) is 23.7 Å². The van der Waals surface area contributed by atoms with E-state index in [-0.39, 0.29) is 5.69 Å². The summed E-state index contributed by atoms with van der Waals surface area (Å²) in [6, 6.07) is 11.5. The molecular weight excluding hydrogens is 419 g/mol. The smallest absolute Gasteiger partial charge is 0.353 e. The molecule has 3 aliphatic rings. The van der Waals surface area contributed by atoms with Crippen LogP contribution < -0.4 is 15.5 Å². The van der Waals surface area contributed by atoms with E-state index in [1.54, 1.807) is 6.07 Å². The van der Waals surface area contributed by atoms with E-state index in [0.29, 0.717) is 11.7 Å². The molecule has 0 unspecified atom stereocenters. The zero-order valence-electron chi connectivity index (χ0n) is 17.2. The quantitative estimate of drug-likeness (QED) is 0.549. The summed E-state index contributed by atoms with van der Waals surface area (Å²) in [4.78, 5) is 22.8. The van der Waals surface area contributed by atoms with Crippen LogP contribution >= 0.6 is 0 Å². The molecule has 2 bridgehead atoms. The van der Waals surface area contributed by atoms with Crippen molar-refractivity contribution >= 4 is 34.1 Å². The molecule has 4 heterocycles. The van der Waals surface area contributed by atoms with Gasteiger partial charge in [-0.15, -0.1) is 0 Å². The van der Waals surface area contributed by atoms with E-state index in [4.69, 9.17) is 4.98 Å². The van der Waals surface area contributed by atoms with Crippen molar-refractivity contribution < 1.29 is 18.0 Å². The van der Waals surface area contributed by atoms with Gasteiger partial charge < -0.3 is 15.5 Å². The van der Waals surface area contributed by atoms with Gasteiger partial charge in [0.15, 0.2) is 0 Å². The number of hydrogen-bond donors (Lipinski definition) is 2. The lowest BCUT2D eigenvalue weighted by Crippen LogP contribution is -2.48. The number of carbonyl (C=O) groups excluding carboxylic acids is 1. The Morgan fingerprint density at radius 2 is 1.72 bits per heavy atom. The maximum Gasteiger partial charge on any atom is 0.433 e. The molecule has 3 fully saturated rings. The number of nitrogens with one attached hydrogen (secondary N) is 2. The molecule has 6 rings (SSSR count). The molecule has 9 heteroatoms. The average Bonchev–Trinajstić information content (AvgIpc) is 2.79. The number of amides is 2. The van der Waals surface area contributed by atoms with Gasteiger partial charge >= 0.3 is 12.2 Å². The number of benzene rings is 1. The summed E-state index contributed by atoms with van der Waals surface area (Å²) in [6.07, 6.45) is 1.55. The molecule has 1 aromatic carbocycles. The third kappa shape index (κ3) is 4.19. The Hall–Kier alpha value is -3.36. The molecule has 2 N–H and O–H groups in total. The molecule has 2 aliphatic heterocycles. The normalized spacial score (nSPS) is 20.4. The molecular formula is C23H22F3N5O. The number of hydrogen-bond acceptors (Lipinski definition) is 4. The van der Waals surface area contributed by atoms with Crippen molar-refractivity contribution in [3.05, 3.63) is 54.4 Å². The number of urea groups is 1. The molecule has 3 aromatic rings. The molecule has 0 spiro atoms. The van der Waals surface area contributed by atoms with Gasteiger partial charge in [0.2, 0.25) is 0 Å². The molecule has 0 radical (unpaired) electrons. The number of piperidine rings is 2. The Labute approximate surface area is 182 Å². The van der Waals surface area contributed by atoms with Gasteiger partial charge in [-0.05, 0) is 74.1 Å². The molecule has 2 amide bonds. The Morgan fingerprint density at radius 1 is 0.969 bits per heavy atom. The molecule has 32 heavy (non-hydrogen) atoms. The number of pyridine rings is 2. The third-order valence-corrected chi connectivity index (χ3v) is 6.25. The fraction of sp³-hybridized carbons (Fsp3) is 0.348. The number of alkyl halides is 3. The van der Waals surface area contributed by atoms with Crippen molar-refractivity contribution in [3.63, 3.8) is 0 Å². The Bertz CT molecular complexity index is 1140. The van der Waals surface area contributed by atoms with E-state index < -0.39 is 17.9 Å². The number of anilines is 3. The minimum absolute atomic E-state index is 0.165. The number of aromatic nitrogens is 2. The van der Waals surface area contributed by atoms with Gasteiger partial charge in [-0.25, -0.2) is 14.8 Å². The monoisotopic (exact) mass is 441 g/mol. The second-order valence-corrected chi connectivity index (χ2v) is 8.41. The highest BCUT2D eigenvalue weighted by Gasteiger charge is 2.34. The molecule has 1 aliphatic carbocycles. The Morgan fingerprint density at radius 3 is 2.38 bits per heavy atom. The fourth-order valence-electron chi connectivity index (χ4n) is 4.63. The Balaban J connectivity index is 1.26.